The third-order valence-corrected chi connectivity index (χ3v) is 6.16. The van der Waals surface area contributed by atoms with E-state index >= 15 is 0 Å². The number of thioether (sulfide) groups is 2. The first-order valence-electron chi connectivity index (χ1n) is 11.3. The van der Waals surface area contributed by atoms with Crippen LogP contribution in [0.5, 0.6) is 24.0 Å². The van der Waals surface area contributed by atoms with Gasteiger partial charge in [-0.2, -0.15) is 0 Å². The first-order valence-corrected chi connectivity index (χ1v) is 13.3. The summed E-state index contributed by atoms with van der Waals surface area (Å²) in [6.07, 6.45) is 4.77. The number of nitrogens with zero attached hydrogens (tertiary/aromatic N) is 12. The number of hydrogen-bond acceptors (Lipinski definition) is 18. The van der Waals surface area contributed by atoms with Crippen LogP contribution in [0.2, 0.25) is 0 Å². The summed E-state index contributed by atoms with van der Waals surface area (Å²) in [6.45, 7) is 1.58. The summed E-state index contributed by atoms with van der Waals surface area (Å²) in [5.41, 5.74) is 0. The molecule has 0 aromatic carbocycles. The van der Waals surface area contributed by atoms with E-state index in [9.17, 15) is 0 Å². The molecule has 4 aliphatic rings. The van der Waals surface area contributed by atoms with Gasteiger partial charge in [-0.3, -0.25) is 0 Å². The highest BCUT2D eigenvalue weighted by molar-refractivity contribution is 7.99. The molecule has 4 aliphatic heterocycles. The molecule has 7 heterocycles. The summed E-state index contributed by atoms with van der Waals surface area (Å²) in [5.74, 6) is 1.69. The van der Waals surface area contributed by atoms with Gasteiger partial charge in [0.2, 0.25) is 10.3 Å². The van der Waals surface area contributed by atoms with Crippen molar-refractivity contribution >= 4 is 23.5 Å². The molecule has 0 amide bonds. The van der Waals surface area contributed by atoms with E-state index in [-0.39, 0.29) is 24.0 Å². The molecule has 16 nitrogen and oxygen atoms in total. The zero-order valence-electron chi connectivity index (χ0n) is 19.3. The summed E-state index contributed by atoms with van der Waals surface area (Å²) < 4.78 is 21.8. The lowest BCUT2D eigenvalue weighted by Crippen LogP contribution is -2.10. The number of hydrogen-bond donors (Lipinski definition) is 0. The summed E-state index contributed by atoms with van der Waals surface area (Å²) in [5, 5.41) is 48.4. The molecule has 0 aliphatic carbocycles. The van der Waals surface area contributed by atoms with Crippen LogP contribution in [0.3, 0.4) is 0 Å². The van der Waals surface area contributed by atoms with Crippen molar-refractivity contribution in [2.24, 2.45) is 0 Å². The Morgan fingerprint density at radius 2 is 0.639 bits per heavy atom. The van der Waals surface area contributed by atoms with Crippen molar-refractivity contribution in [3.05, 3.63) is 0 Å². The Balaban J connectivity index is 1.26. The fourth-order valence-corrected chi connectivity index (χ4v) is 4.03. The van der Waals surface area contributed by atoms with Crippen molar-refractivity contribution in [1.29, 1.82) is 0 Å². The molecular formula is C18H24N12O4S2. The number of rotatable bonds is 0. The van der Waals surface area contributed by atoms with Crippen molar-refractivity contribution in [1.82, 2.24) is 61.2 Å². The molecule has 0 spiro atoms. The fraction of sp³-hybridized carbons (Fsp3) is 0.667. The molecule has 192 valence electrons. The van der Waals surface area contributed by atoms with Crippen molar-refractivity contribution < 1.29 is 18.9 Å². The molecule has 3 aromatic heterocycles. The Morgan fingerprint density at radius 3 is 0.944 bits per heavy atom. The molecule has 0 atom stereocenters. The lowest BCUT2D eigenvalue weighted by atomic mass is 10.3. The number of fused-ring (bicyclic) bond motifs is 3. The largest absolute Gasteiger partial charge is 0.461 e. The van der Waals surface area contributed by atoms with Gasteiger partial charge < -0.3 is 18.9 Å². The highest BCUT2D eigenvalue weighted by Gasteiger charge is 2.07. The molecule has 6 bridgehead atoms. The molecule has 3 aromatic rings. The van der Waals surface area contributed by atoms with E-state index < -0.39 is 0 Å². The maximum absolute atomic E-state index is 5.47. The van der Waals surface area contributed by atoms with Gasteiger partial charge in [-0.25, -0.2) is 0 Å². The van der Waals surface area contributed by atoms with Crippen LogP contribution in [0.25, 0.3) is 0 Å². The van der Waals surface area contributed by atoms with E-state index in [0.29, 0.717) is 62.4 Å². The second-order valence-electron chi connectivity index (χ2n) is 7.11. The van der Waals surface area contributed by atoms with E-state index in [1.807, 2.05) is 0 Å². The highest BCUT2D eigenvalue weighted by Crippen LogP contribution is 2.17. The van der Waals surface area contributed by atoms with Crippen LogP contribution < -0.4 is 18.9 Å². The van der Waals surface area contributed by atoms with E-state index in [0.717, 1.165) is 24.3 Å². The van der Waals surface area contributed by atoms with Gasteiger partial charge in [-0.1, -0.05) is 64.3 Å². The SMILES string of the molecule is C1CCOc2nnc(nn2)SCCCCSc2nnc(nn2)OCCCCOc2nnc(nn2)OC1. The van der Waals surface area contributed by atoms with E-state index in [1.54, 1.807) is 0 Å². The van der Waals surface area contributed by atoms with Crippen LogP contribution in [0, 0.1) is 0 Å². The molecule has 36 heavy (non-hydrogen) atoms. The minimum Gasteiger partial charge on any atom is -0.461 e. The van der Waals surface area contributed by atoms with Crippen molar-refractivity contribution in [3.8, 4) is 24.0 Å². The molecule has 0 radical (unpaired) electrons. The van der Waals surface area contributed by atoms with Gasteiger partial charge in [-0.15, -0.1) is 20.4 Å². The smallest absolute Gasteiger partial charge is 0.355 e. The van der Waals surface area contributed by atoms with Crippen molar-refractivity contribution in [2.45, 2.75) is 48.8 Å². The zero-order chi connectivity index (χ0) is 24.7. The van der Waals surface area contributed by atoms with Crippen LogP contribution >= 0.6 is 23.5 Å². The van der Waals surface area contributed by atoms with E-state index in [1.165, 1.54) is 23.5 Å². The quantitative estimate of drug-likeness (QED) is 0.392. The van der Waals surface area contributed by atoms with Gasteiger partial charge in [0.15, 0.2) is 0 Å². The normalized spacial score (nSPS) is 16.8. The molecule has 18 heteroatoms. The van der Waals surface area contributed by atoms with Gasteiger partial charge in [-0.05, 0) is 38.5 Å². The van der Waals surface area contributed by atoms with Gasteiger partial charge in [0, 0.05) is 11.5 Å². The predicted molar refractivity (Wildman–Crippen MR) is 124 cm³/mol. The lowest BCUT2D eigenvalue weighted by molar-refractivity contribution is 0.224. The first kappa shape index (κ1) is 25.8. The Hall–Kier alpha value is -3.28. The third-order valence-electron chi connectivity index (χ3n) is 4.33. The van der Waals surface area contributed by atoms with Gasteiger partial charge in [0.25, 0.3) is 0 Å². The van der Waals surface area contributed by atoms with E-state index in [4.69, 9.17) is 18.9 Å². The predicted octanol–water partition coefficient (Wildman–Crippen LogP) is 0.881. The monoisotopic (exact) mass is 536 g/mol. The molecule has 0 saturated heterocycles. The van der Waals surface area contributed by atoms with Crippen LogP contribution in [-0.2, 0) is 0 Å². The Labute approximate surface area is 214 Å². The van der Waals surface area contributed by atoms with E-state index in [2.05, 4.69) is 61.2 Å². The molecule has 7 rings (SSSR count). The zero-order valence-corrected chi connectivity index (χ0v) is 20.9. The maximum atomic E-state index is 5.47. The minimum absolute atomic E-state index is 0.0767. The Morgan fingerprint density at radius 1 is 0.361 bits per heavy atom. The molecule has 0 saturated carbocycles. The standard InChI is InChI=1S/C18H24N12O4S2/c1-3-9-33-15-23-27-17(28-24-15)35-11-5-6-12-36-18-29-25-16(26-30-18)34-10-4-2-8-32-14-21-19-13(20-22-14)31-7-1/h1-12H2. The first-order chi connectivity index (χ1) is 17.8. The van der Waals surface area contributed by atoms with Gasteiger partial charge >= 0.3 is 24.0 Å². The minimum atomic E-state index is 0.0767. The lowest BCUT2D eigenvalue weighted by Gasteiger charge is -2.06. The summed E-state index contributed by atoms with van der Waals surface area (Å²) >= 11 is 2.99. The van der Waals surface area contributed by atoms with Gasteiger partial charge in [0.1, 0.15) is 0 Å². The van der Waals surface area contributed by atoms with Crippen molar-refractivity contribution in [3.63, 3.8) is 0 Å². The topological polar surface area (TPSA) is 192 Å². The number of ether oxygens (including phenoxy) is 4. The average molecular weight is 537 g/mol. The number of aromatic nitrogens is 12. The maximum Gasteiger partial charge on any atom is 0.355 e. The average Bonchev–Trinajstić information content (AvgIpc) is 2.92. The highest BCUT2D eigenvalue weighted by atomic mass is 32.2. The Bertz CT molecular complexity index is 807. The molecule has 0 N–H and O–H groups in total. The Kier molecular flexibility index (Phi) is 10.7. The summed E-state index contributed by atoms with van der Waals surface area (Å²) in [7, 11) is 0. The summed E-state index contributed by atoms with van der Waals surface area (Å²) in [4.78, 5) is 0. The van der Waals surface area contributed by atoms with Crippen LogP contribution in [0.1, 0.15) is 38.5 Å². The van der Waals surface area contributed by atoms with Crippen molar-refractivity contribution in [2.75, 3.05) is 37.9 Å². The molecule has 0 fully saturated rings. The van der Waals surface area contributed by atoms with Gasteiger partial charge in [0.05, 0.1) is 26.4 Å². The molecule has 0 unspecified atom stereocenters. The second kappa shape index (κ2) is 15.0. The second-order valence-corrected chi connectivity index (χ2v) is 9.23. The van der Waals surface area contributed by atoms with Crippen LogP contribution in [0.15, 0.2) is 10.3 Å². The van der Waals surface area contributed by atoms with Crippen LogP contribution in [-0.4, -0.2) is 99.1 Å². The fourth-order valence-electron chi connectivity index (χ4n) is 2.57. The van der Waals surface area contributed by atoms with Crippen LogP contribution in [0.4, 0.5) is 0 Å². The third kappa shape index (κ3) is 9.40. The summed E-state index contributed by atoms with van der Waals surface area (Å²) in [6, 6.07) is 0.435. The molecular weight excluding hydrogens is 512 g/mol.